The van der Waals surface area contributed by atoms with Crippen LogP contribution in [0, 0.1) is 0 Å². The smallest absolute Gasteiger partial charge is 0.269 e. The van der Waals surface area contributed by atoms with E-state index in [1.54, 1.807) is 12.3 Å². The van der Waals surface area contributed by atoms with Crippen LogP contribution in [-0.4, -0.2) is 29.0 Å². The number of benzene rings is 1. The van der Waals surface area contributed by atoms with Crippen LogP contribution in [-0.2, 0) is 6.42 Å². The van der Waals surface area contributed by atoms with E-state index in [0.717, 1.165) is 37.0 Å². The van der Waals surface area contributed by atoms with E-state index >= 15 is 0 Å². The number of nitrogens with zero attached hydrogens (tertiary/aromatic N) is 1. The molecule has 0 saturated carbocycles. The summed E-state index contributed by atoms with van der Waals surface area (Å²) in [5.41, 5.74) is 3.84. The van der Waals surface area contributed by atoms with Crippen LogP contribution in [0.5, 0.6) is 0 Å². The topological polar surface area (TPSA) is 69.8 Å². The third kappa shape index (κ3) is 4.38. The quantitative estimate of drug-likeness (QED) is 0.549. The van der Waals surface area contributed by atoms with Gasteiger partial charge in [0.05, 0.1) is 11.9 Å². The lowest BCUT2D eigenvalue weighted by Crippen LogP contribution is -2.25. The van der Waals surface area contributed by atoms with Crippen molar-refractivity contribution in [2.75, 3.05) is 18.4 Å². The van der Waals surface area contributed by atoms with Gasteiger partial charge in [0.1, 0.15) is 5.69 Å². The lowest BCUT2D eigenvalue weighted by molar-refractivity contribution is 0.0948. The van der Waals surface area contributed by atoms with Gasteiger partial charge in [0.25, 0.3) is 5.91 Å². The van der Waals surface area contributed by atoms with Crippen LogP contribution in [0.3, 0.4) is 0 Å². The van der Waals surface area contributed by atoms with Crippen molar-refractivity contribution in [2.24, 2.45) is 0 Å². The average molecular weight is 336 g/mol. The molecule has 0 atom stereocenters. The van der Waals surface area contributed by atoms with Crippen molar-refractivity contribution in [2.45, 2.75) is 26.2 Å². The summed E-state index contributed by atoms with van der Waals surface area (Å²) in [6, 6.07) is 12.0. The van der Waals surface area contributed by atoms with Gasteiger partial charge in [-0.05, 0) is 36.6 Å². The van der Waals surface area contributed by atoms with E-state index < -0.39 is 0 Å². The fourth-order valence-corrected chi connectivity index (χ4v) is 2.78. The molecule has 3 rings (SSSR count). The Bertz CT molecular complexity index is 823. The monoisotopic (exact) mass is 336 g/mol. The second-order valence-electron chi connectivity index (χ2n) is 6.08. The lowest BCUT2D eigenvalue weighted by Gasteiger charge is -2.07. The van der Waals surface area contributed by atoms with Gasteiger partial charge in [-0.1, -0.05) is 31.5 Å². The number of unbranched alkanes of at least 4 members (excludes halogenated alkanes) is 1. The number of nitrogens with one attached hydrogen (secondary N) is 3. The molecule has 0 aliphatic heterocycles. The summed E-state index contributed by atoms with van der Waals surface area (Å²) >= 11 is 0. The Morgan fingerprint density at radius 3 is 2.84 bits per heavy atom. The van der Waals surface area contributed by atoms with Crippen molar-refractivity contribution in [1.29, 1.82) is 0 Å². The molecule has 3 N–H and O–H groups in total. The highest BCUT2D eigenvalue weighted by atomic mass is 16.1. The minimum Gasteiger partial charge on any atom is -0.383 e. The highest BCUT2D eigenvalue weighted by Crippen LogP contribution is 2.18. The number of rotatable bonds is 8. The van der Waals surface area contributed by atoms with E-state index in [-0.39, 0.29) is 5.91 Å². The number of aromatic nitrogens is 2. The molecule has 0 radical (unpaired) electrons. The summed E-state index contributed by atoms with van der Waals surface area (Å²) in [7, 11) is 0. The number of fused-ring (bicyclic) bond motifs is 1. The predicted molar refractivity (Wildman–Crippen MR) is 102 cm³/mol. The molecular weight excluding hydrogens is 312 g/mol. The number of H-pyrrole nitrogens is 1. The van der Waals surface area contributed by atoms with E-state index in [0.29, 0.717) is 12.2 Å². The van der Waals surface area contributed by atoms with Crippen LogP contribution in [0.25, 0.3) is 10.9 Å². The molecule has 1 amide bonds. The minimum atomic E-state index is -0.112. The van der Waals surface area contributed by atoms with Gasteiger partial charge in [-0.2, -0.15) is 0 Å². The lowest BCUT2D eigenvalue weighted by atomic mass is 10.1. The molecule has 5 nitrogen and oxygen atoms in total. The van der Waals surface area contributed by atoms with Gasteiger partial charge < -0.3 is 15.6 Å². The second-order valence-corrected chi connectivity index (χ2v) is 6.08. The third-order valence-corrected chi connectivity index (χ3v) is 4.21. The number of aromatic amines is 1. The highest BCUT2D eigenvalue weighted by molar-refractivity contribution is 5.92. The summed E-state index contributed by atoms with van der Waals surface area (Å²) in [5, 5.41) is 7.50. The third-order valence-electron chi connectivity index (χ3n) is 4.21. The normalized spacial score (nSPS) is 10.8. The van der Waals surface area contributed by atoms with Crippen molar-refractivity contribution in [3.63, 3.8) is 0 Å². The van der Waals surface area contributed by atoms with E-state index in [4.69, 9.17) is 0 Å². The molecule has 5 heteroatoms. The largest absolute Gasteiger partial charge is 0.383 e. The Morgan fingerprint density at radius 1 is 1.16 bits per heavy atom. The zero-order valence-corrected chi connectivity index (χ0v) is 14.5. The number of carbonyl (C=O) groups excluding carboxylic acids is 1. The van der Waals surface area contributed by atoms with Gasteiger partial charge in [-0.3, -0.25) is 4.79 Å². The Morgan fingerprint density at radius 2 is 2.04 bits per heavy atom. The van der Waals surface area contributed by atoms with Gasteiger partial charge in [0.2, 0.25) is 0 Å². The first-order valence-electron chi connectivity index (χ1n) is 8.81. The maximum absolute atomic E-state index is 11.9. The number of pyridine rings is 1. The van der Waals surface area contributed by atoms with Crippen LogP contribution in [0.15, 0.2) is 48.8 Å². The summed E-state index contributed by atoms with van der Waals surface area (Å²) in [6.07, 6.45) is 6.74. The van der Waals surface area contributed by atoms with E-state index in [1.165, 1.54) is 10.9 Å². The fraction of sp³-hybridized carbons (Fsp3) is 0.300. The molecule has 2 aromatic heterocycles. The standard InChI is InChI=1S/C20H24N4O/c1-2-3-11-22-20(25)19-9-8-16(14-24-19)21-12-10-15-13-23-18-7-5-4-6-17(15)18/h4-9,13-14,21,23H,2-3,10-12H2,1H3,(H,22,25). The molecule has 130 valence electrons. The zero-order valence-electron chi connectivity index (χ0n) is 14.5. The van der Waals surface area contributed by atoms with Crippen LogP contribution < -0.4 is 10.6 Å². The molecule has 0 saturated heterocycles. The molecule has 0 spiro atoms. The van der Waals surface area contributed by atoms with Gasteiger partial charge in [-0.15, -0.1) is 0 Å². The molecule has 0 aliphatic rings. The Labute approximate surface area is 147 Å². The Hall–Kier alpha value is -2.82. The molecular formula is C20H24N4O. The number of para-hydroxylation sites is 1. The first kappa shape index (κ1) is 17.0. The summed E-state index contributed by atoms with van der Waals surface area (Å²) in [6.45, 7) is 3.61. The summed E-state index contributed by atoms with van der Waals surface area (Å²) < 4.78 is 0. The Kier molecular flexibility index (Phi) is 5.67. The molecule has 0 bridgehead atoms. The van der Waals surface area contributed by atoms with Crippen LogP contribution in [0.2, 0.25) is 0 Å². The van der Waals surface area contributed by atoms with E-state index in [9.17, 15) is 4.79 Å². The highest BCUT2D eigenvalue weighted by Gasteiger charge is 2.06. The van der Waals surface area contributed by atoms with Crippen molar-refractivity contribution >= 4 is 22.5 Å². The van der Waals surface area contributed by atoms with Crippen molar-refractivity contribution in [3.05, 3.63) is 60.0 Å². The van der Waals surface area contributed by atoms with Gasteiger partial charge >= 0.3 is 0 Å². The number of hydrogen-bond donors (Lipinski definition) is 3. The first-order valence-corrected chi connectivity index (χ1v) is 8.81. The van der Waals surface area contributed by atoms with Crippen molar-refractivity contribution < 1.29 is 4.79 Å². The molecule has 25 heavy (non-hydrogen) atoms. The number of anilines is 1. The van der Waals surface area contributed by atoms with Crippen LogP contribution in [0.4, 0.5) is 5.69 Å². The fourth-order valence-electron chi connectivity index (χ4n) is 2.78. The molecule has 2 heterocycles. The van der Waals surface area contributed by atoms with E-state index in [2.05, 4.69) is 51.9 Å². The SMILES string of the molecule is CCCCNC(=O)c1ccc(NCCc2c[nH]c3ccccc23)cn1. The maximum atomic E-state index is 11.9. The minimum absolute atomic E-state index is 0.112. The Balaban J connectivity index is 1.51. The van der Waals surface area contributed by atoms with Crippen LogP contribution in [0.1, 0.15) is 35.8 Å². The summed E-state index contributed by atoms with van der Waals surface area (Å²) in [5.74, 6) is -0.112. The van der Waals surface area contributed by atoms with Gasteiger partial charge in [0, 0.05) is 30.2 Å². The van der Waals surface area contributed by atoms with Crippen molar-refractivity contribution in [1.82, 2.24) is 15.3 Å². The second kappa shape index (κ2) is 8.33. The first-order chi connectivity index (χ1) is 12.3. The predicted octanol–water partition coefficient (Wildman–Crippen LogP) is 3.75. The molecule has 0 fully saturated rings. The van der Waals surface area contributed by atoms with Crippen molar-refractivity contribution in [3.8, 4) is 0 Å². The van der Waals surface area contributed by atoms with Crippen LogP contribution >= 0.6 is 0 Å². The zero-order chi connectivity index (χ0) is 17.5. The van der Waals surface area contributed by atoms with E-state index in [1.807, 2.05) is 12.1 Å². The molecule has 0 aliphatic carbocycles. The number of amides is 1. The molecule has 3 aromatic rings. The summed E-state index contributed by atoms with van der Waals surface area (Å²) in [4.78, 5) is 19.5. The average Bonchev–Trinajstić information content (AvgIpc) is 3.06. The van der Waals surface area contributed by atoms with Gasteiger partial charge in [-0.25, -0.2) is 4.98 Å². The van der Waals surface area contributed by atoms with Gasteiger partial charge in [0.15, 0.2) is 0 Å². The molecule has 0 unspecified atom stereocenters. The number of hydrogen-bond acceptors (Lipinski definition) is 3. The molecule has 1 aromatic carbocycles. The maximum Gasteiger partial charge on any atom is 0.269 e. The number of carbonyl (C=O) groups is 1.